The van der Waals surface area contributed by atoms with Crippen molar-refractivity contribution in [3.05, 3.63) is 65.7 Å². The fraction of sp³-hybridized carbons (Fsp3) is 0.320. The number of carboxylic acid groups (broad SMARTS) is 1. The van der Waals surface area contributed by atoms with E-state index in [1.807, 2.05) is 0 Å². The molecule has 12 heteroatoms. The van der Waals surface area contributed by atoms with E-state index in [1.54, 1.807) is 31.2 Å². The first kappa shape index (κ1) is 26.4. The molecule has 4 rings (SSSR count). The summed E-state index contributed by atoms with van der Waals surface area (Å²) in [6.45, 7) is 1.64. The Kier molecular flexibility index (Phi) is 7.39. The van der Waals surface area contributed by atoms with E-state index >= 15 is 0 Å². The third-order valence-electron chi connectivity index (χ3n) is 6.21. The molecule has 0 radical (unpaired) electrons. The van der Waals surface area contributed by atoms with E-state index in [0.29, 0.717) is 18.4 Å². The standard InChI is InChI=1S/C25H25F3N4O4S/c1-15-6-2-3-9-18(15)23-19(25(26,27)28)12-13-21(31-23)32-37(35,36)22-11-5-10-20(30-22)29-17-8-4-7-16(14-17)24(33)34/h2-3,5-6,9-13,16-17H,4,7-8,14H2,1H3,(H,29,30)(H,31,32)(H,33,34)/t16-,17+/m1/s1. The van der Waals surface area contributed by atoms with Gasteiger partial charge in [-0.05, 0) is 56.0 Å². The number of rotatable bonds is 7. The maximum absolute atomic E-state index is 13.7. The first-order chi connectivity index (χ1) is 17.4. The maximum Gasteiger partial charge on any atom is 0.418 e. The number of nitrogens with one attached hydrogen (secondary N) is 2. The van der Waals surface area contributed by atoms with E-state index < -0.39 is 33.7 Å². The monoisotopic (exact) mass is 534 g/mol. The molecule has 1 aliphatic carbocycles. The van der Waals surface area contributed by atoms with Gasteiger partial charge >= 0.3 is 12.1 Å². The number of anilines is 2. The van der Waals surface area contributed by atoms with E-state index in [2.05, 4.69) is 20.0 Å². The van der Waals surface area contributed by atoms with Crippen molar-refractivity contribution in [3.8, 4) is 11.3 Å². The molecule has 1 fully saturated rings. The number of aliphatic carboxylic acids is 1. The Balaban J connectivity index is 1.60. The van der Waals surface area contributed by atoms with Crippen molar-refractivity contribution in [2.45, 2.75) is 49.9 Å². The van der Waals surface area contributed by atoms with Gasteiger partial charge in [-0.3, -0.25) is 9.52 Å². The smallest absolute Gasteiger partial charge is 0.418 e. The van der Waals surface area contributed by atoms with Crippen molar-refractivity contribution in [1.29, 1.82) is 0 Å². The van der Waals surface area contributed by atoms with Crippen LogP contribution in [0.15, 0.2) is 59.6 Å². The van der Waals surface area contributed by atoms with Gasteiger partial charge in [0.25, 0.3) is 10.0 Å². The van der Waals surface area contributed by atoms with Crippen molar-refractivity contribution >= 4 is 27.6 Å². The van der Waals surface area contributed by atoms with Crippen LogP contribution in [-0.2, 0) is 21.0 Å². The Morgan fingerprint density at radius 2 is 1.76 bits per heavy atom. The van der Waals surface area contributed by atoms with Gasteiger partial charge < -0.3 is 10.4 Å². The molecule has 8 nitrogen and oxygen atoms in total. The number of carboxylic acids is 1. The molecule has 0 bridgehead atoms. The number of aromatic nitrogens is 2. The number of alkyl halides is 3. The number of halogens is 3. The molecular formula is C25H25F3N4O4S. The number of aryl methyl sites for hydroxylation is 1. The average molecular weight is 535 g/mol. The molecule has 1 aromatic carbocycles. The molecule has 3 N–H and O–H groups in total. The molecule has 1 aliphatic rings. The second-order valence-electron chi connectivity index (χ2n) is 8.91. The van der Waals surface area contributed by atoms with Crippen molar-refractivity contribution < 1.29 is 31.5 Å². The van der Waals surface area contributed by atoms with Gasteiger partial charge in [0.2, 0.25) is 0 Å². The largest absolute Gasteiger partial charge is 0.481 e. The Hall–Kier alpha value is -3.67. The Morgan fingerprint density at radius 1 is 1.00 bits per heavy atom. The summed E-state index contributed by atoms with van der Waals surface area (Å²) in [6, 6.07) is 12.2. The molecule has 196 valence electrons. The molecule has 2 aromatic heterocycles. The zero-order chi connectivity index (χ0) is 26.8. The first-order valence-corrected chi connectivity index (χ1v) is 13.1. The van der Waals surface area contributed by atoms with Gasteiger partial charge in [-0.2, -0.15) is 21.6 Å². The van der Waals surface area contributed by atoms with Gasteiger partial charge in [0.05, 0.1) is 17.2 Å². The van der Waals surface area contributed by atoms with Gasteiger partial charge in [-0.15, -0.1) is 0 Å². The van der Waals surface area contributed by atoms with Crippen LogP contribution in [0.4, 0.5) is 24.8 Å². The third-order valence-corrected chi connectivity index (χ3v) is 7.47. The first-order valence-electron chi connectivity index (χ1n) is 11.6. The van der Waals surface area contributed by atoms with E-state index in [4.69, 9.17) is 0 Å². The molecule has 0 saturated heterocycles. The summed E-state index contributed by atoms with van der Waals surface area (Å²) >= 11 is 0. The lowest BCUT2D eigenvalue weighted by atomic mass is 9.86. The summed E-state index contributed by atoms with van der Waals surface area (Å²) in [6.07, 6.45) is -2.27. The zero-order valence-electron chi connectivity index (χ0n) is 19.8. The molecule has 1 saturated carbocycles. The van der Waals surface area contributed by atoms with Crippen LogP contribution in [0.25, 0.3) is 11.3 Å². The number of carbonyl (C=O) groups is 1. The highest BCUT2D eigenvalue weighted by molar-refractivity contribution is 7.92. The number of hydrogen-bond acceptors (Lipinski definition) is 6. The van der Waals surface area contributed by atoms with Gasteiger partial charge in [0.15, 0.2) is 5.03 Å². The van der Waals surface area contributed by atoms with Crippen LogP contribution in [0.2, 0.25) is 0 Å². The lowest BCUT2D eigenvalue weighted by Crippen LogP contribution is -2.31. The van der Waals surface area contributed by atoms with Crippen LogP contribution in [0.1, 0.15) is 36.8 Å². The zero-order valence-corrected chi connectivity index (χ0v) is 20.6. The number of sulfonamides is 1. The quantitative estimate of drug-likeness (QED) is 0.375. The van der Waals surface area contributed by atoms with E-state index in [0.717, 1.165) is 25.0 Å². The fourth-order valence-corrected chi connectivity index (χ4v) is 5.35. The summed E-state index contributed by atoms with van der Waals surface area (Å²) in [4.78, 5) is 19.5. The van der Waals surface area contributed by atoms with Gasteiger partial charge in [-0.1, -0.05) is 36.8 Å². The van der Waals surface area contributed by atoms with Crippen LogP contribution < -0.4 is 10.0 Å². The Labute approximate surface area is 212 Å². The van der Waals surface area contributed by atoms with Crippen LogP contribution in [0, 0.1) is 12.8 Å². The number of benzene rings is 1. The van der Waals surface area contributed by atoms with Gasteiger partial charge in [0, 0.05) is 11.6 Å². The predicted molar refractivity (Wildman–Crippen MR) is 131 cm³/mol. The summed E-state index contributed by atoms with van der Waals surface area (Å²) in [5, 5.41) is 12.0. The minimum Gasteiger partial charge on any atom is -0.481 e. The lowest BCUT2D eigenvalue weighted by Gasteiger charge is -2.27. The van der Waals surface area contributed by atoms with Crippen molar-refractivity contribution in [3.63, 3.8) is 0 Å². The van der Waals surface area contributed by atoms with Crippen LogP contribution in [0.5, 0.6) is 0 Å². The summed E-state index contributed by atoms with van der Waals surface area (Å²) in [7, 11) is -4.30. The van der Waals surface area contributed by atoms with Crippen LogP contribution >= 0.6 is 0 Å². The maximum atomic E-state index is 13.7. The molecule has 2 atom stereocenters. The fourth-order valence-electron chi connectivity index (χ4n) is 4.38. The molecule has 0 spiro atoms. The van der Waals surface area contributed by atoms with E-state index in [9.17, 15) is 31.5 Å². The Morgan fingerprint density at radius 3 is 2.46 bits per heavy atom. The predicted octanol–water partition coefficient (Wildman–Crippen LogP) is 5.33. The number of nitrogens with zero attached hydrogens (tertiary/aromatic N) is 2. The van der Waals surface area contributed by atoms with Crippen molar-refractivity contribution in [2.75, 3.05) is 10.0 Å². The van der Waals surface area contributed by atoms with Crippen molar-refractivity contribution in [2.24, 2.45) is 5.92 Å². The molecular weight excluding hydrogens is 509 g/mol. The highest BCUT2D eigenvalue weighted by Crippen LogP contribution is 2.38. The second-order valence-corrected chi connectivity index (χ2v) is 10.5. The lowest BCUT2D eigenvalue weighted by molar-refractivity contribution is -0.143. The topological polar surface area (TPSA) is 121 Å². The SMILES string of the molecule is Cc1ccccc1-c1nc(NS(=O)(=O)c2cccc(N[C@H]3CCC[C@@H](C(=O)O)C3)n2)ccc1C(F)(F)F. The van der Waals surface area contributed by atoms with Gasteiger partial charge in [-0.25, -0.2) is 9.97 Å². The molecule has 3 aromatic rings. The summed E-state index contributed by atoms with van der Waals surface area (Å²) in [5.41, 5.74) is -0.596. The normalized spacial score (nSPS) is 18.3. The van der Waals surface area contributed by atoms with Gasteiger partial charge in [0.1, 0.15) is 11.6 Å². The minimum atomic E-state index is -4.69. The van der Waals surface area contributed by atoms with E-state index in [-0.39, 0.29) is 34.0 Å². The van der Waals surface area contributed by atoms with E-state index in [1.165, 1.54) is 18.2 Å². The summed E-state index contributed by atoms with van der Waals surface area (Å²) in [5.74, 6) is -1.38. The molecule has 2 heterocycles. The molecule has 0 aliphatic heterocycles. The van der Waals surface area contributed by atoms with Crippen LogP contribution in [0.3, 0.4) is 0 Å². The van der Waals surface area contributed by atoms with Crippen molar-refractivity contribution in [1.82, 2.24) is 9.97 Å². The van der Waals surface area contributed by atoms with Crippen LogP contribution in [-0.4, -0.2) is 35.5 Å². The molecule has 0 unspecified atom stereocenters. The minimum absolute atomic E-state index is 0.179. The average Bonchev–Trinajstić information content (AvgIpc) is 2.84. The highest BCUT2D eigenvalue weighted by Gasteiger charge is 2.35. The Bertz CT molecular complexity index is 1410. The summed E-state index contributed by atoms with van der Waals surface area (Å²) < 4.78 is 69.3. The number of hydrogen-bond donors (Lipinski definition) is 3. The molecule has 0 amide bonds. The highest BCUT2D eigenvalue weighted by atomic mass is 32.2. The number of pyridine rings is 2. The second kappa shape index (κ2) is 10.4. The third kappa shape index (κ3) is 6.19. The molecule has 37 heavy (non-hydrogen) atoms.